The van der Waals surface area contributed by atoms with E-state index in [1.54, 1.807) is 6.20 Å². The minimum absolute atomic E-state index is 0.00840. The average Bonchev–Trinajstić information content (AvgIpc) is 2.52. The molecule has 0 atom stereocenters. The second-order valence-electron chi connectivity index (χ2n) is 5.12. The molecule has 2 heterocycles. The van der Waals surface area contributed by atoms with Gasteiger partial charge in [-0.15, -0.1) is 0 Å². The van der Waals surface area contributed by atoms with Gasteiger partial charge in [-0.2, -0.15) is 0 Å². The number of hydrogen-bond acceptors (Lipinski definition) is 6. The predicted molar refractivity (Wildman–Crippen MR) is 77.0 cm³/mol. The lowest BCUT2D eigenvalue weighted by atomic mass is 9.97. The van der Waals surface area contributed by atoms with Crippen LogP contribution in [0.3, 0.4) is 0 Å². The standard InChI is InChI=1S/C14H20N4O3/c1-10(19)16-7-11-3-5-18(6-4-11)13-9-15-8-12(17-13)14(20)21-2/h8-9,11H,3-7H2,1-2H3,(H,16,19). The molecule has 0 unspecified atom stereocenters. The number of nitrogens with one attached hydrogen (secondary N) is 1. The fraction of sp³-hybridized carbons (Fsp3) is 0.571. The number of nitrogens with zero attached hydrogens (tertiary/aromatic N) is 3. The molecule has 7 heteroatoms. The van der Waals surface area contributed by atoms with Crippen molar-refractivity contribution >= 4 is 17.7 Å². The van der Waals surface area contributed by atoms with E-state index in [9.17, 15) is 9.59 Å². The monoisotopic (exact) mass is 292 g/mol. The largest absolute Gasteiger partial charge is 0.464 e. The van der Waals surface area contributed by atoms with Crippen LogP contribution in [0.1, 0.15) is 30.3 Å². The zero-order valence-corrected chi connectivity index (χ0v) is 12.3. The minimum Gasteiger partial charge on any atom is -0.464 e. The number of ether oxygens (including phenoxy) is 1. The summed E-state index contributed by atoms with van der Waals surface area (Å²) in [5, 5.41) is 2.85. The Morgan fingerprint density at radius 3 is 2.71 bits per heavy atom. The predicted octanol–water partition coefficient (Wildman–Crippen LogP) is 0.616. The van der Waals surface area contributed by atoms with Crippen LogP contribution in [0.5, 0.6) is 0 Å². The van der Waals surface area contributed by atoms with Gasteiger partial charge in [-0.05, 0) is 18.8 Å². The first-order chi connectivity index (χ1) is 10.1. The van der Waals surface area contributed by atoms with Gasteiger partial charge in [0, 0.05) is 26.6 Å². The van der Waals surface area contributed by atoms with Crippen molar-refractivity contribution in [1.82, 2.24) is 15.3 Å². The van der Waals surface area contributed by atoms with Gasteiger partial charge in [-0.25, -0.2) is 9.78 Å². The van der Waals surface area contributed by atoms with E-state index >= 15 is 0 Å². The van der Waals surface area contributed by atoms with Crippen LogP contribution >= 0.6 is 0 Å². The molecular weight excluding hydrogens is 272 g/mol. The number of rotatable bonds is 4. The molecule has 114 valence electrons. The van der Waals surface area contributed by atoms with Gasteiger partial charge in [0.25, 0.3) is 0 Å². The third-order valence-corrected chi connectivity index (χ3v) is 3.59. The van der Waals surface area contributed by atoms with E-state index in [2.05, 4.69) is 24.9 Å². The van der Waals surface area contributed by atoms with Crippen molar-refractivity contribution in [2.45, 2.75) is 19.8 Å². The Bertz CT molecular complexity index is 513. The molecule has 0 spiro atoms. The number of methoxy groups -OCH3 is 1. The molecule has 1 aliphatic rings. The highest BCUT2D eigenvalue weighted by atomic mass is 16.5. The summed E-state index contributed by atoms with van der Waals surface area (Å²) in [5.74, 6) is 0.705. The molecular formula is C14H20N4O3. The molecule has 1 fully saturated rings. The van der Waals surface area contributed by atoms with Crippen molar-refractivity contribution in [2.24, 2.45) is 5.92 Å². The maximum atomic E-state index is 11.5. The van der Waals surface area contributed by atoms with Crippen LogP contribution in [0.15, 0.2) is 12.4 Å². The van der Waals surface area contributed by atoms with Crippen LogP contribution in [0.4, 0.5) is 5.82 Å². The number of amides is 1. The summed E-state index contributed by atoms with van der Waals surface area (Å²) < 4.78 is 4.65. The fourth-order valence-electron chi connectivity index (χ4n) is 2.37. The first-order valence-corrected chi connectivity index (χ1v) is 7.00. The third kappa shape index (κ3) is 4.14. The van der Waals surface area contributed by atoms with Crippen molar-refractivity contribution in [2.75, 3.05) is 31.6 Å². The number of carbonyl (C=O) groups is 2. The quantitative estimate of drug-likeness (QED) is 0.819. The van der Waals surface area contributed by atoms with Crippen molar-refractivity contribution in [3.05, 3.63) is 18.1 Å². The zero-order chi connectivity index (χ0) is 15.2. The van der Waals surface area contributed by atoms with Gasteiger partial charge in [0.15, 0.2) is 5.69 Å². The normalized spacial score (nSPS) is 15.6. The SMILES string of the molecule is COC(=O)c1cncc(N2CCC(CNC(C)=O)CC2)n1. The molecule has 2 rings (SSSR count). The maximum absolute atomic E-state index is 11.5. The molecule has 0 radical (unpaired) electrons. The van der Waals surface area contributed by atoms with Crippen LogP contribution < -0.4 is 10.2 Å². The Morgan fingerprint density at radius 2 is 2.10 bits per heavy atom. The number of carbonyl (C=O) groups excluding carboxylic acids is 2. The summed E-state index contributed by atoms with van der Waals surface area (Å²) in [6.45, 7) is 3.92. The second-order valence-corrected chi connectivity index (χ2v) is 5.12. The Balaban J connectivity index is 1.93. The van der Waals surface area contributed by atoms with E-state index in [0.717, 1.165) is 32.5 Å². The van der Waals surface area contributed by atoms with Crippen LogP contribution in [0, 0.1) is 5.92 Å². The molecule has 1 aliphatic heterocycles. The molecule has 0 saturated carbocycles. The molecule has 7 nitrogen and oxygen atoms in total. The Hall–Kier alpha value is -2.18. The zero-order valence-electron chi connectivity index (χ0n) is 12.3. The molecule has 1 aromatic heterocycles. The molecule has 1 saturated heterocycles. The van der Waals surface area contributed by atoms with Gasteiger partial charge in [0.05, 0.1) is 19.5 Å². The topological polar surface area (TPSA) is 84.4 Å². The molecule has 0 bridgehead atoms. The highest BCUT2D eigenvalue weighted by Crippen LogP contribution is 2.21. The van der Waals surface area contributed by atoms with Crippen molar-refractivity contribution < 1.29 is 14.3 Å². The van der Waals surface area contributed by atoms with Gasteiger partial charge in [-0.3, -0.25) is 9.78 Å². The second kappa shape index (κ2) is 7.01. The fourth-order valence-corrected chi connectivity index (χ4v) is 2.37. The summed E-state index contributed by atoms with van der Waals surface area (Å²) in [6, 6.07) is 0. The summed E-state index contributed by atoms with van der Waals surface area (Å²) in [6.07, 6.45) is 5.01. The molecule has 0 aromatic carbocycles. The smallest absolute Gasteiger partial charge is 0.358 e. The van der Waals surface area contributed by atoms with Gasteiger partial charge in [0.2, 0.25) is 5.91 Å². The van der Waals surface area contributed by atoms with E-state index in [4.69, 9.17) is 0 Å². The number of aromatic nitrogens is 2. The van der Waals surface area contributed by atoms with E-state index in [0.29, 0.717) is 11.7 Å². The molecule has 0 aliphatic carbocycles. The maximum Gasteiger partial charge on any atom is 0.358 e. The number of esters is 1. The number of hydrogen-bond donors (Lipinski definition) is 1. The highest BCUT2D eigenvalue weighted by molar-refractivity contribution is 5.87. The van der Waals surface area contributed by atoms with Crippen LogP contribution in [0.25, 0.3) is 0 Å². The summed E-state index contributed by atoms with van der Waals surface area (Å²) in [7, 11) is 1.32. The molecule has 1 amide bonds. The summed E-state index contributed by atoms with van der Waals surface area (Å²) >= 11 is 0. The van der Waals surface area contributed by atoms with Crippen LogP contribution in [0.2, 0.25) is 0 Å². The van der Waals surface area contributed by atoms with Crippen molar-refractivity contribution in [1.29, 1.82) is 0 Å². The first-order valence-electron chi connectivity index (χ1n) is 7.00. The summed E-state index contributed by atoms with van der Waals surface area (Å²) in [4.78, 5) is 32.8. The first kappa shape index (κ1) is 15.2. The Kier molecular flexibility index (Phi) is 5.08. The van der Waals surface area contributed by atoms with Gasteiger partial charge < -0.3 is 15.0 Å². The van der Waals surface area contributed by atoms with Gasteiger partial charge >= 0.3 is 5.97 Å². The summed E-state index contributed by atoms with van der Waals surface area (Å²) in [5.41, 5.74) is 0.218. The van der Waals surface area contributed by atoms with E-state index in [-0.39, 0.29) is 11.6 Å². The minimum atomic E-state index is -0.482. The molecule has 1 N–H and O–H groups in total. The van der Waals surface area contributed by atoms with Gasteiger partial charge in [0.1, 0.15) is 5.82 Å². The van der Waals surface area contributed by atoms with Crippen molar-refractivity contribution in [3.8, 4) is 0 Å². The lowest BCUT2D eigenvalue weighted by Crippen LogP contribution is -2.38. The van der Waals surface area contributed by atoms with Gasteiger partial charge in [-0.1, -0.05) is 0 Å². The highest BCUT2D eigenvalue weighted by Gasteiger charge is 2.21. The lowest BCUT2D eigenvalue weighted by Gasteiger charge is -2.32. The average molecular weight is 292 g/mol. The van der Waals surface area contributed by atoms with Crippen LogP contribution in [-0.2, 0) is 9.53 Å². The Labute approximate surface area is 123 Å². The van der Waals surface area contributed by atoms with E-state index < -0.39 is 5.97 Å². The third-order valence-electron chi connectivity index (χ3n) is 3.59. The van der Waals surface area contributed by atoms with E-state index in [1.165, 1.54) is 20.2 Å². The number of anilines is 1. The van der Waals surface area contributed by atoms with Crippen molar-refractivity contribution in [3.63, 3.8) is 0 Å². The number of piperidine rings is 1. The molecule has 21 heavy (non-hydrogen) atoms. The van der Waals surface area contributed by atoms with Crippen LogP contribution in [-0.4, -0.2) is 48.6 Å². The lowest BCUT2D eigenvalue weighted by molar-refractivity contribution is -0.119. The molecule has 1 aromatic rings. The Morgan fingerprint density at radius 1 is 1.38 bits per heavy atom. The van der Waals surface area contributed by atoms with E-state index in [1.807, 2.05) is 0 Å².